The Morgan fingerprint density at radius 2 is 1.95 bits per heavy atom. The summed E-state index contributed by atoms with van der Waals surface area (Å²) in [5.74, 6) is -0.467. The van der Waals surface area contributed by atoms with Crippen LogP contribution in [0.5, 0.6) is 0 Å². The van der Waals surface area contributed by atoms with Gasteiger partial charge in [0, 0.05) is 26.2 Å². The second-order valence-electron chi connectivity index (χ2n) is 5.70. The van der Waals surface area contributed by atoms with Gasteiger partial charge in [0.1, 0.15) is 17.3 Å². The minimum Gasteiger partial charge on any atom is -0.383 e. The summed E-state index contributed by atoms with van der Waals surface area (Å²) in [4.78, 5) is 1.81. The molecule has 3 nitrogen and oxygen atoms in total. The van der Waals surface area contributed by atoms with Gasteiger partial charge in [0.15, 0.2) is 0 Å². The van der Waals surface area contributed by atoms with Crippen molar-refractivity contribution in [3.63, 3.8) is 0 Å². The van der Waals surface area contributed by atoms with Crippen molar-refractivity contribution in [1.82, 2.24) is 5.32 Å². The van der Waals surface area contributed by atoms with E-state index in [1.165, 1.54) is 12.1 Å². The summed E-state index contributed by atoms with van der Waals surface area (Å²) >= 11 is 0. The molecule has 0 heterocycles. The number of anilines is 1. The SMILES string of the molecule is CNCc1cc(F)c(N(CCOC)C(C)C2CC2)c(F)c1. The Balaban J connectivity index is 2.29. The van der Waals surface area contributed by atoms with Crippen LogP contribution in [0.3, 0.4) is 0 Å². The van der Waals surface area contributed by atoms with Crippen molar-refractivity contribution in [2.45, 2.75) is 32.4 Å². The average Bonchev–Trinajstić information content (AvgIpc) is 3.25. The molecule has 0 spiro atoms. The summed E-state index contributed by atoms with van der Waals surface area (Å²) in [6, 6.07) is 2.95. The number of nitrogens with one attached hydrogen (secondary N) is 1. The molecule has 1 unspecified atom stereocenters. The predicted octanol–water partition coefficient (Wildman–Crippen LogP) is 2.94. The molecule has 0 aromatic heterocycles. The molecule has 1 aliphatic rings. The van der Waals surface area contributed by atoms with Crippen LogP contribution >= 0.6 is 0 Å². The van der Waals surface area contributed by atoms with E-state index >= 15 is 0 Å². The predicted molar refractivity (Wildman–Crippen MR) is 80.5 cm³/mol. The summed E-state index contributed by atoms with van der Waals surface area (Å²) in [5, 5.41) is 2.91. The molecular formula is C16H24F2N2O. The molecule has 1 atom stereocenters. The van der Waals surface area contributed by atoms with Crippen LogP contribution in [0.4, 0.5) is 14.5 Å². The first kappa shape index (κ1) is 16.2. The number of hydrogen-bond donors (Lipinski definition) is 1. The maximum absolute atomic E-state index is 14.4. The van der Waals surface area contributed by atoms with Crippen LogP contribution in [0, 0.1) is 17.6 Å². The molecule has 1 aromatic rings. The van der Waals surface area contributed by atoms with E-state index in [9.17, 15) is 8.78 Å². The van der Waals surface area contributed by atoms with Gasteiger partial charge in [-0.1, -0.05) is 0 Å². The minimum atomic E-state index is -0.496. The average molecular weight is 298 g/mol. The quantitative estimate of drug-likeness (QED) is 0.798. The van der Waals surface area contributed by atoms with E-state index < -0.39 is 11.6 Å². The standard InChI is InChI=1S/C16H24F2N2O/c1-11(13-4-5-13)20(6-7-21-3)16-14(17)8-12(10-19-2)9-15(16)18/h8-9,11,13,19H,4-7,10H2,1-3H3. The smallest absolute Gasteiger partial charge is 0.149 e. The van der Waals surface area contributed by atoms with E-state index in [2.05, 4.69) is 5.32 Å². The molecular weight excluding hydrogens is 274 g/mol. The van der Waals surface area contributed by atoms with E-state index in [0.29, 0.717) is 31.2 Å². The highest BCUT2D eigenvalue weighted by molar-refractivity contribution is 5.52. The lowest BCUT2D eigenvalue weighted by Gasteiger charge is -2.32. The lowest BCUT2D eigenvalue weighted by Crippen LogP contribution is -2.38. The zero-order chi connectivity index (χ0) is 15.4. The van der Waals surface area contributed by atoms with Gasteiger partial charge in [0.25, 0.3) is 0 Å². The van der Waals surface area contributed by atoms with Gasteiger partial charge in [0.2, 0.25) is 0 Å². The summed E-state index contributed by atoms with van der Waals surface area (Å²) < 4.78 is 33.9. The van der Waals surface area contributed by atoms with Gasteiger partial charge in [-0.15, -0.1) is 0 Å². The van der Waals surface area contributed by atoms with Crippen molar-refractivity contribution in [3.8, 4) is 0 Å². The fourth-order valence-corrected chi connectivity index (χ4v) is 2.74. The van der Waals surface area contributed by atoms with Gasteiger partial charge in [-0.3, -0.25) is 0 Å². The van der Waals surface area contributed by atoms with E-state index in [0.717, 1.165) is 12.8 Å². The number of methoxy groups -OCH3 is 1. The molecule has 0 amide bonds. The van der Waals surface area contributed by atoms with Crippen molar-refractivity contribution in [3.05, 3.63) is 29.3 Å². The molecule has 1 aliphatic carbocycles. The maximum atomic E-state index is 14.4. The van der Waals surface area contributed by atoms with E-state index in [4.69, 9.17) is 4.74 Å². The number of halogens is 2. The number of benzene rings is 1. The number of ether oxygens (including phenoxy) is 1. The highest BCUT2D eigenvalue weighted by Gasteiger charge is 2.34. The van der Waals surface area contributed by atoms with Crippen LogP contribution in [-0.4, -0.2) is 33.4 Å². The molecule has 118 valence electrons. The van der Waals surface area contributed by atoms with Gasteiger partial charge >= 0.3 is 0 Å². The van der Waals surface area contributed by atoms with Crippen LogP contribution in [0.25, 0.3) is 0 Å². The van der Waals surface area contributed by atoms with Gasteiger partial charge < -0.3 is 15.0 Å². The number of rotatable bonds is 8. The zero-order valence-corrected chi connectivity index (χ0v) is 13.0. The maximum Gasteiger partial charge on any atom is 0.149 e. The van der Waals surface area contributed by atoms with Crippen LogP contribution in [-0.2, 0) is 11.3 Å². The Morgan fingerprint density at radius 3 is 2.43 bits per heavy atom. The largest absolute Gasteiger partial charge is 0.383 e. The summed E-state index contributed by atoms with van der Waals surface area (Å²) in [7, 11) is 3.35. The summed E-state index contributed by atoms with van der Waals surface area (Å²) in [5.41, 5.74) is 0.688. The van der Waals surface area contributed by atoms with Crippen molar-refractivity contribution in [2.24, 2.45) is 5.92 Å². The molecule has 1 fully saturated rings. The molecule has 21 heavy (non-hydrogen) atoms. The third-order valence-electron chi connectivity index (χ3n) is 4.08. The molecule has 0 aliphatic heterocycles. The van der Waals surface area contributed by atoms with E-state index in [1.54, 1.807) is 14.2 Å². The van der Waals surface area contributed by atoms with Crippen molar-refractivity contribution < 1.29 is 13.5 Å². The van der Waals surface area contributed by atoms with Gasteiger partial charge in [-0.25, -0.2) is 8.78 Å². The Kier molecular flexibility index (Phi) is 5.53. The molecule has 5 heteroatoms. The molecule has 0 bridgehead atoms. The highest BCUT2D eigenvalue weighted by atomic mass is 19.1. The van der Waals surface area contributed by atoms with Gasteiger partial charge in [0.05, 0.1) is 6.61 Å². The Morgan fingerprint density at radius 1 is 1.33 bits per heavy atom. The molecule has 1 saturated carbocycles. The molecule has 0 saturated heterocycles. The van der Waals surface area contributed by atoms with Crippen molar-refractivity contribution in [2.75, 3.05) is 32.2 Å². The third-order valence-corrected chi connectivity index (χ3v) is 4.08. The van der Waals surface area contributed by atoms with Crippen molar-refractivity contribution >= 4 is 5.69 Å². The molecule has 1 aromatic carbocycles. The third kappa shape index (κ3) is 3.92. The number of nitrogens with zero attached hydrogens (tertiary/aromatic N) is 1. The lowest BCUT2D eigenvalue weighted by atomic mass is 10.1. The summed E-state index contributed by atoms with van der Waals surface area (Å²) in [6.07, 6.45) is 2.26. The second-order valence-corrected chi connectivity index (χ2v) is 5.70. The first-order valence-corrected chi connectivity index (χ1v) is 7.46. The fourth-order valence-electron chi connectivity index (χ4n) is 2.74. The lowest BCUT2D eigenvalue weighted by molar-refractivity contribution is 0.202. The normalized spacial score (nSPS) is 16.0. The number of hydrogen-bond acceptors (Lipinski definition) is 3. The topological polar surface area (TPSA) is 24.5 Å². The second kappa shape index (κ2) is 7.18. The molecule has 0 radical (unpaired) electrons. The van der Waals surface area contributed by atoms with Crippen LogP contribution in [0.2, 0.25) is 0 Å². The van der Waals surface area contributed by atoms with Crippen LogP contribution in [0.1, 0.15) is 25.3 Å². The first-order chi connectivity index (χ1) is 10.1. The van der Waals surface area contributed by atoms with E-state index in [-0.39, 0.29) is 11.7 Å². The van der Waals surface area contributed by atoms with Crippen LogP contribution in [0.15, 0.2) is 12.1 Å². The Bertz CT molecular complexity index is 454. The fraction of sp³-hybridized carbons (Fsp3) is 0.625. The first-order valence-electron chi connectivity index (χ1n) is 7.46. The van der Waals surface area contributed by atoms with Gasteiger partial charge in [-0.05, 0) is 50.4 Å². The summed E-state index contributed by atoms with van der Waals surface area (Å²) in [6.45, 7) is 3.43. The monoisotopic (exact) mass is 298 g/mol. The van der Waals surface area contributed by atoms with Gasteiger partial charge in [-0.2, -0.15) is 0 Å². The Labute approximate surface area is 125 Å². The van der Waals surface area contributed by atoms with Crippen LogP contribution < -0.4 is 10.2 Å². The van der Waals surface area contributed by atoms with Crippen molar-refractivity contribution in [1.29, 1.82) is 0 Å². The Hall–Kier alpha value is -1.20. The molecule has 2 rings (SSSR count). The highest BCUT2D eigenvalue weighted by Crippen LogP contribution is 2.38. The van der Waals surface area contributed by atoms with E-state index in [1.807, 2.05) is 11.8 Å². The zero-order valence-electron chi connectivity index (χ0n) is 13.0. The molecule has 1 N–H and O–H groups in total. The minimum absolute atomic E-state index is 0.0753.